The maximum Gasteiger partial charge on any atom is 0.323 e. The van der Waals surface area contributed by atoms with Gasteiger partial charge in [0.1, 0.15) is 10.8 Å². The predicted octanol–water partition coefficient (Wildman–Crippen LogP) is 2.90. The zero-order valence-corrected chi connectivity index (χ0v) is 12.2. The number of anilines is 1. The van der Waals surface area contributed by atoms with E-state index in [0.29, 0.717) is 11.6 Å². The number of carbonyl (C=O) groups excluding carboxylic acids is 1. The van der Waals surface area contributed by atoms with Crippen LogP contribution in [0.5, 0.6) is 0 Å². The summed E-state index contributed by atoms with van der Waals surface area (Å²) in [6.45, 7) is 1.60. The van der Waals surface area contributed by atoms with Crippen LogP contribution in [0.2, 0.25) is 0 Å². The molecule has 2 amide bonds. The molecular formula is C14H15FN4OS. The number of aromatic nitrogens is 2. The molecule has 0 spiro atoms. The third-order valence-corrected chi connectivity index (χ3v) is 4.18. The molecule has 1 aliphatic rings. The molecule has 0 bridgehead atoms. The van der Waals surface area contributed by atoms with E-state index in [9.17, 15) is 9.18 Å². The number of benzene rings is 1. The fourth-order valence-electron chi connectivity index (χ4n) is 2.24. The first kappa shape index (κ1) is 13.9. The van der Waals surface area contributed by atoms with E-state index in [-0.39, 0.29) is 11.8 Å². The minimum Gasteiger partial charge on any atom is -0.324 e. The number of nitrogens with one attached hydrogen (secondary N) is 1. The second kappa shape index (κ2) is 6.17. The second-order valence-corrected chi connectivity index (χ2v) is 5.99. The molecule has 7 heteroatoms. The van der Waals surface area contributed by atoms with Crippen LogP contribution in [0.25, 0.3) is 0 Å². The molecule has 110 valence electrons. The van der Waals surface area contributed by atoms with Crippen LogP contribution in [0.15, 0.2) is 24.3 Å². The Balaban J connectivity index is 1.60. The monoisotopic (exact) mass is 306 g/mol. The molecule has 0 radical (unpaired) electrons. The molecule has 1 aliphatic heterocycles. The molecule has 2 aromatic rings. The molecule has 2 heterocycles. The van der Waals surface area contributed by atoms with Crippen molar-refractivity contribution >= 4 is 22.5 Å². The third kappa shape index (κ3) is 3.55. The van der Waals surface area contributed by atoms with E-state index in [1.54, 1.807) is 17.0 Å². The SMILES string of the molecule is O=C(Nc1nnc(Cc2ccc(F)cc2)s1)N1CCCC1. The molecule has 1 aromatic carbocycles. The molecule has 5 nitrogen and oxygen atoms in total. The lowest BCUT2D eigenvalue weighted by molar-refractivity contribution is 0.222. The number of carbonyl (C=O) groups is 1. The molecule has 1 aromatic heterocycles. The highest BCUT2D eigenvalue weighted by Crippen LogP contribution is 2.20. The highest BCUT2D eigenvalue weighted by molar-refractivity contribution is 7.15. The first-order chi connectivity index (χ1) is 10.2. The zero-order chi connectivity index (χ0) is 14.7. The van der Waals surface area contributed by atoms with E-state index < -0.39 is 0 Å². The number of likely N-dealkylation sites (tertiary alicyclic amines) is 1. The van der Waals surface area contributed by atoms with Crippen LogP contribution >= 0.6 is 11.3 Å². The Hall–Kier alpha value is -2.02. The third-order valence-electron chi connectivity index (χ3n) is 3.34. The lowest BCUT2D eigenvalue weighted by Crippen LogP contribution is -2.32. The van der Waals surface area contributed by atoms with Gasteiger partial charge in [-0.05, 0) is 30.5 Å². The normalized spacial score (nSPS) is 14.4. The lowest BCUT2D eigenvalue weighted by atomic mass is 10.2. The van der Waals surface area contributed by atoms with Crippen LogP contribution in [0.4, 0.5) is 14.3 Å². The number of halogens is 1. The molecule has 1 N–H and O–H groups in total. The van der Waals surface area contributed by atoms with E-state index in [1.807, 2.05) is 0 Å². The van der Waals surface area contributed by atoms with Gasteiger partial charge in [0, 0.05) is 19.5 Å². The lowest BCUT2D eigenvalue weighted by Gasteiger charge is -2.14. The molecule has 1 saturated heterocycles. The van der Waals surface area contributed by atoms with Gasteiger partial charge in [0.25, 0.3) is 0 Å². The second-order valence-electron chi connectivity index (χ2n) is 4.93. The Morgan fingerprint density at radius 3 is 2.67 bits per heavy atom. The fraction of sp³-hybridized carbons (Fsp3) is 0.357. The predicted molar refractivity (Wildman–Crippen MR) is 78.9 cm³/mol. The van der Waals surface area contributed by atoms with Crippen molar-refractivity contribution in [2.45, 2.75) is 19.3 Å². The van der Waals surface area contributed by atoms with Crippen LogP contribution in [0, 0.1) is 5.82 Å². The Labute approximate surface area is 125 Å². The Kier molecular flexibility index (Phi) is 4.10. The first-order valence-electron chi connectivity index (χ1n) is 6.83. The standard InChI is InChI=1S/C14H15FN4OS/c15-11-5-3-10(4-6-11)9-12-17-18-13(21-12)16-14(20)19-7-1-2-8-19/h3-6H,1-2,7-9H2,(H,16,18,20). The van der Waals surface area contributed by atoms with Gasteiger partial charge in [0.2, 0.25) is 5.13 Å². The highest BCUT2D eigenvalue weighted by atomic mass is 32.1. The van der Waals surface area contributed by atoms with Crippen molar-refractivity contribution in [3.05, 3.63) is 40.7 Å². The summed E-state index contributed by atoms with van der Waals surface area (Å²) in [5.41, 5.74) is 0.963. The largest absolute Gasteiger partial charge is 0.324 e. The quantitative estimate of drug-likeness (QED) is 0.948. The van der Waals surface area contributed by atoms with Gasteiger partial charge >= 0.3 is 6.03 Å². The molecule has 1 fully saturated rings. The molecule has 3 rings (SSSR count). The average Bonchev–Trinajstić information content (AvgIpc) is 3.13. The average molecular weight is 306 g/mol. The van der Waals surface area contributed by atoms with Gasteiger partial charge in [-0.3, -0.25) is 5.32 Å². The van der Waals surface area contributed by atoms with Crippen molar-refractivity contribution in [1.29, 1.82) is 0 Å². The van der Waals surface area contributed by atoms with Crippen LogP contribution in [0.3, 0.4) is 0 Å². The zero-order valence-electron chi connectivity index (χ0n) is 11.4. The highest BCUT2D eigenvalue weighted by Gasteiger charge is 2.19. The molecule has 0 aliphatic carbocycles. The maximum absolute atomic E-state index is 12.8. The Bertz CT molecular complexity index is 622. The van der Waals surface area contributed by atoms with Crippen molar-refractivity contribution < 1.29 is 9.18 Å². The van der Waals surface area contributed by atoms with E-state index >= 15 is 0 Å². The number of rotatable bonds is 3. The minimum absolute atomic E-state index is 0.114. The van der Waals surface area contributed by atoms with Gasteiger partial charge in [0.15, 0.2) is 0 Å². The number of nitrogens with zero attached hydrogens (tertiary/aromatic N) is 3. The summed E-state index contributed by atoms with van der Waals surface area (Å²) >= 11 is 1.34. The molecule has 0 atom stereocenters. The minimum atomic E-state index is -0.255. The van der Waals surface area contributed by atoms with Gasteiger partial charge in [-0.1, -0.05) is 23.5 Å². The maximum atomic E-state index is 12.8. The summed E-state index contributed by atoms with van der Waals surface area (Å²) < 4.78 is 12.8. The van der Waals surface area contributed by atoms with E-state index in [0.717, 1.165) is 36.5 Å². The smallest absolute Gasteiger partial charge is 0.323 e. The summed E-state index contributed by atoms with van der Waals surface area (Å²) in [5, 5.41) is 12.1. The van der Waals surface area contributed by atoms with Crippen LogP contribution in [-0.4, -0.2) is 34.2 Å². The molecule has 21 heavy (non-hydrogen) atoms. The van der Waals surface area contributed by atoms with E-state index in [1.165, 1.54) is 23.5 Å². The fourth-order valence-corrected chi connectivity index (χ4v) is 3.01. The number of amides is 2. The Morgan fingerprint density at radius 1 is 1.24 bits per heavy atom. The van der Waals surface area contributed by atoms with E-state index in [4.69, 9.17) is 0 Å². The van der Waals surface area contributed by atoms with Gasteiger partial charge in [-0.2, -0.15) is 0 Å². The van der Waals surface area contributed by atoms with Crippen LogP contribution in [-0.2, 0) is 6.42 Å². The summed E-state index contributed by atoms with van der Waals surface area (Å²) in [5.74, 6) is -0.255. The van der Waals surface area contributed by atoms with Gasteiger partial charge in [0.05, 0.1) is 0 Å². The van der Waals surface area contributed by atoms with Gasteiger partial charge < -0.3 is 4.90 Å². The van der Waals surface area contributed by atoms with Crippen molar-refractivity contribution in [3.63, 3.8) is 0 Å². The molecule has 0 unspecified atom stereocenters. The first-order valence-corrected chi connectivity index (χ1v) is 7.65. The number of hydrogen-bond acceptors (Lipinski definition) is 4. The summed E-state index contributed by atoms with van der Waals surface area (Å²) in [6.07, 6.45) is 2.69. The number of urea groups is 1. The number of hydrogen-bond donors (Lipinski definition) is 1. The van der Waals surface area contributed by atoms with E-state index in [2.05, 4.69) is 15.5 Å². The Morgan fingerprint density at radius 2 is 1.95 bits per heavy atom. The summed E-state index contributed by atoms with van der Waals surface area (Å²) in [6, 6.07) is 6.18. The van der Waals surface area contributed by atoms with Crippen molar-refractivity contribution in [2.75, 3.05) is 18.4 Å². The van der Waals surface area contributed by atoms with Crippen LogP contribution in [0.1, 0.15) is 23.4 Å². The molecular weight excluding hydrogens is 291 g/mol. The van der Waals surface area contributed by atoms with Gasteiger partial charge in [-0.15, -0.1) is 10.2 Å². The summed E-state index contributed by atoms with van der Waals surface area (Å²) in [7, 11) is 0. The summed E-state index contributed by atoms with van der Waals surface area (Å²) in [4.78, 5) is 13.7. The van der Waals surface area contributed by atoms with Crippen molar-refractivity contribution in [1.82, 2.24) is 15.1 Å². The van der Waals surface area contributed by atoms with Crippen LogP contribution < -0.4 is 5.32 Å². The van der Waals surface area contributed by atoms with Crippen molar-refractivity contribution in [3.8, 4) is 0 Å². The molecule has 0 saturated carbocycles. The van der Waals surface area contributed by atoms with Crippen molar-refractivity contribution in [2.24, 2.45) is 0 Å². The van der Waals surface area contributed by atoms with Gasteiger partial charge in [-0.25, -0.2) is 9.18 Å². The topological polar surface area (TPSA) is 58.1 Å².